The first-order chi connectivity index (χ1) is 11.7. The molecule has 0 aromatic heterocycles. The number of benzene rings is 1. The number of carbonyl (C=O) groups excluding carboxylic acids is 1. The number of aliphatic hydroxyl groups is 1. The van der Waals surface area contributed by atoms with Gasteiger partial charge >= 0.3 is 0 Å². The predicted molar refractivity (Wildman–Crippen MR) is 96.1 cm³/mol. The minimum atomic E-state index is 0.212. The lowest BCUT2D eigenvalue weighted by Crippen LogP contribution is -2.52. The van der Waals surface area contributed by atoms with Gasteiger partial charge in [-0.05, 0) is 42.7 Å². The van der Waals surface area contributed by atoms with Crippen LogP contribution in [0.2, 0.25) is 0 Å². The number of amides is 1. The minimum Gasteiger partial charge on any atom is -0.395 e. The summed E-state index contributed by atoms with van der Waals surface area (Å²) in [5.41, 5.74) is 2.82. The second-order valence-electron chi connectivity index (χ2n) is 7.15. The summed E-state index contributed by atoms with van der Waals surface area (Å²) in [6.45, 7) is 5.67. The normalized spacial score (nSPS) is 22.9. The van der Waals surface area contributed by atoms with E-state index >= 15 is 0 Å². The molecule has 1 aliphatic heterocycles. The van der Waals surface area contributed by atoms with Gasteiger partial charge in [-0.3, -0.25) is 9.69 Å². The second-order valence-corrected chi connectivity index (χ2v) is 7.15. The lowest BCUT2D eigenvalue weighted by molar-refractivity contribution is -0.133. The molecule has 4 nitrogen and oxygen atoms in total. The summed E-state index contributed by atoms with van der Waals surface area (Å²) >= 11 is 0. The number of piperazine rings is 1. The van der Waals surface area contributed by atoms with Gasteiger partial charge in [-0.25, -0.2) is 0 Å². The first-order valence-electron chi connectivity index (χ1n) is 9.43. The molecule has 1 aromatic rings. The van der Waals surface area contributed by atoms with Crippen LogP contribution in [0.5, 0.6) is 0 Å². The Morgan fingerprint density at radius 1 is 1.25 bits per heavy atom. The van der Waals surface area contributed by atoms with E-state index in [2.05, 4.69) is 36.1 Å². The molecule has 1 saturated heterocycles. The lowest BCUT2D eigenvalue weighted by atomic mass is 9.81. The molecule has 0 spiro atoms. The molecule has 1 aliphatic carbocycles. The van der Waals surface area contributed by atoms with Crippen LogP contribution in [0, 0.1) is 0 Å². The Morgan fingerprint density at radius 3 is 2.71 bits per heavy atom. The number of fused-ring (bicyclic) bond motifs is 1. The molecule has 2 unspecified atom stereocenters. The summed E-state index contributed by atoms with van der Waals surface area (Å²) in [5, 5.41) is 9.44. The van der Waals surface area contributed by atoms with Crippen molar-refractivity contribution >= 4 is 5.91 Å². The summed E-state index contributed by atoms with van der Waals surface area (Å²) in [6, 6.07) is 8.86. The van der Waals surface area contributed by atoms with Gasteiger partial charge in [-0.15, -0.1) is 0 Å². The number of aryl methyl sites for hydroxylation is 1. The Bertz CT molecular complexity index is 548. The molecule has 1 aromatic carbocycles. The Morgan fingerprint density at radius 2 is 2.00 bits per heavy atom. The highest BCUT2D eigenvalue weighted by molar-refractivity contribution is 5.77. The average molecular weight is 330 g/mol. The van der Waals surface area contributed by atoms with E-state index in [-0.39, 0.29) is 12.6 Å². The van der Waals surface area contributed by atoms with Crippen LogP contribution >= 0.6 is 0 Å². The fourth-order valence-corrected chi connectivity index (χ4v) is 4.25. The van der Waals surface area contributed by atoms with Gasteiger partial charge in [-0.2, -0.15) is 0 Å². The van der Waals surface area contributed by atoms with Crippen molar-refractivity contribution < 1.29 is 9.90 Å². The molecule has 24 heavy (non-hydrogen) atoms. The maximum Gasteiger partial charge on any atom is 0.223 e. The van der Waals surface area contributed by atoms with E-state index in [1.165, 1.54) is 17.5 Å². The number of nitrogens with zero attached hydrogens (tertiary/aromatic N) is 2. The Kier molecular flexibility index (Phi) is 5.90. The van der Waals surface area contributed by atoms with Gasteiger partial charge in [0, 0.05) is 38.6 Å². The van der Waals surface area contributed by atoms with Crippen molar-refractivity contribution in [2.75, 3.05) is 32.8 Å². The van der Waals surface area contributed by atoms with Crippen molar-refractivity contribution in [2.45, 2.75) is 51.0 Å². The molecule has 0 saturated carbocycles. The predicted octanol–water partition coefficient (Wildman–Crippen LogP) is 2.41. The molecular weight excluding hydrogens is 300 g/mol. The molecule has 1 N–H and O–H groups in total. The third-order valence-electron chi connectivity index (χ3n) is 5.78. The SMILES string of the molecule is CCC(CO)N1CCN(C(=O)CC2CCCc3ccccc32)CC1. The number of hydrogen-bond donors (Lipinski definition) is 1. The maximum absolute atomic E-state index is 12.7. The first-order valence-corrected chi connectivity index (χ1v) is 9.43. The van der Waals surface area contributed by atoms with Crippen LogP contribution in [0.1, 0.15) is 49.7 Å². The van der Waals surface area contributed by atoms with Crippen molar-refractivity contribution in [1.29, 1.82) is 0 Å². The van der Waals surface area contributed by atoms with Crippen LogP contribution in [0.15, 0.2) is 24.3 Å². The van der Waals surface area contributed by atoms with Gasteiger partial charge in [0.2, 0.25) is 5.91 Å². The summed E-state index contributed by atoms with van der Waals surface area (Å²) in [6.07, 6.45) is 5.08. The summed E-state index contributed by atoms with van der Waals surface area (Å²) in [7, 11) is 0. The quantitative estimate of drug-likeness (QED) is 0.902. The van der Waals surface area contributed by atoms with Crippen molar-refractivity contribution in [2.24, 2.45) is 0 Å². The standard InChI is InChI=1S/C20H30N2O2/c1-2-18(15-23)21-10-12-22(13-11-21)20(24)14-17-8-5-7-16-6-3-4-9-19(16)17/h3-4,6,9,17-18,23H,2,5,7-8,10-15H2,1H3. The van der Waals surface area contributed by atoms with Crippen LogP contribution < -0.4 is 0 Å². The van der Waals surface area contributed by atoms with Gasteiger partial charge in [0.1, 0.15) is 0 Å². The van der Waals surface area contributed by atoms with Crippen molar-refractivity contribution in [3.05, 3.63) is 35.4 Å². The third-order valence-corrected chi connectivity index (χ3v) is 5.78. The van der Waals surface area contributed by atoms with E-state index in [0.717, 1.165) is 45.4 Å². The van der Waals surface area contributed by atoms with Crippen LogP contribution in [0.25, 0.3) is 0 Å². The van der Waals surface area contributed by atoms with E-state index in [1.807, 2.05) is 4.90 Å². The van der Waals surface area contributed by atoms with Gasteiger partial charge in [-0.1, -0.05) is 31.2 Å². The number of carbonyl (C=O) groups is 1. The zero-order chi connectivity index (χ0) is 16.9. The number of hydrogen-bond acceptors (Lipinski definition) is 3. The van der Waals surface area contributed by atoms with E-state index in [1.54, 1.807) is 0 Å². The number of aliphatic hydroxyl groups excluding tert-OH is 1. The van der Waals surface area contributed by atoms with Crippen LogP contribution in [-0.2, 0) is 11.2 Å². The van der Waals surface area contributed by atoms with E-state index in [4.69, 9.17) is 0 Å². The Hall–Kier alpha value is -1.39. The molecule has 2 atom stereocenters. The smallest absolute Gasteiger partial charge is 0.223 e. The zero-order valence-corrected chi connectivity index (χ0v) is 14.8. The molecule has 0 bridgehead atoms. The molecule has 1 fully saturated rings. The summed E-state index contributed by atoms with van der Waals surface area (Å²) < 4.78 is 0. The second kappa shape index (κ2) is 8.13. The molecule has 0 radical (unpaired) electrons. The molecule has 3 rings (SSSR count). The number of rotatable bonds is 5. The van der Waals surface area contributed by atoms with Gasteiger partial charge in [0.25, 0.3) is 0 Å². The summed E-state index contributed by atoms with van der Waals surface area (Å²) in [4.78, 5) is 17.1. The molecular formula is C20H30N2O2. The summed E-state index contributed by atoms with van der Waals surface area (Å²) in [5.74, 6) is 0.690. The molecule has 1 heterocycles. The van der Waals surface area contributed by atoms with E-state index < -0.39 is 0 Å². The first kappa shape index (κ1) is 17.4. The van der Waals surface area contributed by atoms with E-state index in [9.17, 15) is 9.90 Å². The minimum absolute atomic E-state index is 0.212. The Labute approximate surface area is 145 Å². The zero-order valence-electron chi connectivity index (χ0n) is 14.8. The fraction of sp³-hybridized carbons (Fsp3) is 0.650. The van der Waals surface area contributed by atoms with Crippen LogP contribution in [-0.4, -0.2) is 59.6 Å². The highest BCUT2D eigenvalue weighted by Crippen LogP contribution is 2.34. The highest BCUT2D eigenvalue weighted by atomic mass is 16.3. The van der Waals surface area contributed by atoms with Gasteiger partial charge in [0.15, 0.2) is 0 Å². The third kappa shape index (κ3) is 3.81. The lowest BCUT2D eigenvalue weighted by Gasteiger charge is -2.39. The van der Waals surface area contributed by atoms with Gasteiger partial charge in [0.05, 0.1) is 6.61 Å². The molecule has 2 aliphatic rings. The monoisotopic (exact) mass is 330 g/mol. The van der Waals surface area contributed by atoms with Crippen LogP contribution in [0.4, 0.5) is 0 Å². The topological polar surface area (TPSA) is 43.8 Å². The average Bonchev–Trinajstić information content (AvgIpc) is 2.63. The maximum atomic E-state index is 12.7. The van der Waals surface area contributed by atoms with Crippen molar-refractivity contribution in [3.63, 3.8) is 0 Å². The Balaban J connectivity index is 1.56. The highest BCUT2D eigenvalue weighted by Gasteiger charge is 2.28. The van der Waals surface area contributed by atoms with E-state index in [0.29, 0.717) is 18.2 Å². The molecule has 4 heteroatoms. The van der Waals surface area contributed by atoms with Crippen molar-refractivity contribution in [3.8, 4) is 0 Å². The van der Waals surface area contributed by atoms with Gasteiger partial charge < -0.3 is 10.0 Å². The molecule has 132 valence electrons. The van der Waals surface area contributed by atoms with Crippen molar-refractivity contribution in [1.82, 2.24) is 9.80 Å². The molecule has 1 amide bonds. The largest absolute Gasteiger partial charge is 0.395 e. The van der Waals surface area contributed by atoms with Crippen LogP contribution in [0.3, 0.4) is 0 Å². The fourth-order valence-electron chi connectivity index (χ4n) is 4.25.